The predicted octanol–water partition coefficient (Wildman–Crippen LogP) is 3.67. The van der Waals surface area contributed by atoms with Crippen molar-refractivity contribution in [3.8, 4) is 0 Å². The van der Waals surface area contributed by atoms with Gasteiger partial charge in [-0.3, -0.25) is 14.7 Å². The second kappa shape index (κ2) is 9.34. The van der Waals surface area contributed by atoms with Gasteiger partial charge in [-0.25, -0.2) is 12.8 Å². The normalized spacial score (nSPS) is 16.6. The molecule has 0 saturated carbocycles. The van der Waals surface area contributed by atoms with Crippen molar-refractivity contribution < 1.29 is 17.6 Å². The number of para-hydroxylation sites is 1. The van der Waals surface area contributed by atoms with Gasteiger partial charge in [-0.15, -0.1) is 0 Å². The maximum atomic E-state index is 13.3. The number of hydrogen-bond acceptors (Lipinski definition) is 5. The molecule has 1 saturated heterocycles. The standard InChI is InChI=1S/C23H24ClFN4O3S/c1-15-12-17-4-3-5-21(22(17)26-14-15)33(31,32)29-10-8-28(9-11-29)16(2)23(30)27-18-6-7-20(25)19(24)13-18/h3-7,12-14,16H,8-11H2,1-2H3,(H,27,30). The van der Waals surface area contributed by atoms with Crippen LogP contribution < -0.4 is 5.32 Å². The second-order valence-electron chi connectivity index (χ2n) is 8.07. The van der Waals surface area contributed by atoms with Crippen LogP contribution >= 0.6 is 11.6 Å². The summed E-state index contributed by atoms with van der Waals surface area (Å²) in [5.41, 5.74) is 1.82. The lowest BCUT2D eigenvalue weighted by Crippen LogP contribution is -2.53. The van der Waals surface area contributed by atoms with E-state index in [9.17, 15) is 17.6 Å². The number of nitrogens with zero attached hydrogens (tertiary/aromatic N) is 3. The summed E-state index contributed by atoms with van der Waals surface area (Å²) in [6.07, 6.45) is 1.66. The Morgan fingerprint density at radius 1 is 1.15 bits per heavy atom. The van der Waals surface area contributed by atoms with Gasteiger partial charge in [-0.1, -0.05) is 23.7 Å². The lowest BCUT2D eigenvalue weighted by atomic mass is 10.2. The Morgan fingerprint density at radius 3 is 2.58 bits per heavy atom. The van der Waals surface area contributed by atoms with Crippen LogP contribution in [-0.2, 0) is 14.8 Å². The summed E-state index contributed by atoms with van der Waals surface area (Å²) in [6.45, 7) is 4.97. The predicted molar refractivity (Wildman–Crippen MR) is 126 cm³/mol. The van der Waals surface area contributed by atoms with Crippen LogP contribution in [0.3, 0.4) is 0 Å². The van der Waals surface area contributed by atoms with Crippen molar-refractivity contribution >= 4 is 44.1 Å². The molecule has 1 N–H and O–H groups in total. The number of carbonyl (C=O) groups is 1. The Morgan fingerprint density at radius 2 is 1.88 bits per heavy atom. The summed E-state index contributed by atoms with van der Waals surface area (Å²) in [5, 5.41) is 3.43. The highest BCUT2D eigenvalue weighted by atomic mass is 35.5. The maximum absolute atomic E-state index is 13.3. The van der Waals surface area contributed by atoms with E-state index in [0.717, 1.165) is 10.9 Å². The number of amides is 1. The van der Waals surface area contributed by atoms with Crippen molar-refractivity contribution in [2.24, 2.45) is 0 Å². The Balaban J connectivity index is 1.44. The molecule has 0 aliphatic carbocycles. The number of aryl methyl sites for hydroxylation is 1. The molecular weight excluding hydrogens is 467 g/mol. The van der Waals surface area contributed by atoms with Crippen LogP contribution in [0.1, 0.15) is 12.5 Å². The van der Waals surface area contributed by atoms with Crippen molar-refractivity contribution in [2.75, 3.05) is 31.5 Å². The first-order valence-electron chi connectivity index (χ1n) is 10.5. The molecule has 1 atom stereocenters. The number of rotatable bonds is 5. The largest absolute Gasteiger partial charge is 0.325 e. The highest BCUT2D eigenvalue weighted by molar-refractivity contribution is 7.89. The third-order valence-electron chi connectivity index (χ3n) is 5.82. The molecular formula is C23H24ClFN4O3S. The number of piperazine rings is 1. The van der Waals surface area contributed by atoms with Gasteiger partial charge < -0.3 is 5.32 Å². The minimum absolute atomic E-state index is 0.0719. The molecule has 1 amide bonds. The van der Waals surface area contributed by atoms with E-state index in [1.807, 2.05) is 24.0 Å². The van der Waals surface area contributed by atoms with Crippen LogP contribution in [0, 0.1) is 12.7 Å². The van der Waals surface area contributed by atoms with Crippen molar-refractivity contribution in [3.05, 3.63) is 65.1 Å². The molecule has 1 aliphatic rings. The highest BCUT2D eigenvalue weighted by Crippen LogP contribution is 2.26. The fraction of sp³-hybridized carbons (Fsp3) is 0.304. The van der Waals surface area contributed by atoms with Gasteiger partial charge in [0, 0.05) is 43.4 Å². The molecule has 1 unspecified atom stereocenters. The topological polar surface area (TPSA) is 82.6 Å². The molecule has 10 heteroatoms. The van der Waals surface area contributed by atoms with Gasteiger partial charge in [-0.2, -0.15) is 4.31 Å². The zero-order valence-corrected chi connectivity index (χ0v) is 19.8. The molecule has 7 nitrogen and oxygen atoms in total. The van der Waals surface area contributed by atoms with Crippen LogP contribution in [0.15, 0.2) is 53.6 Å². The smallest absolute Gasteiger partial charge is 0.245 e. The molecule has 4 rings (SSSR count). The minimum Gasteiger partial charge on any atom is -0.325 e. The number of nitrogens with one attached hydrogen (secondary N) is 1. The number of pyridine rings is 1. The van der Waals surface area contributed by atoms with Crippen molar-refractivity contribution in [1.29, 1.82) is 0 Å². The third kappa shape index (κ3) is 4.86. The Hall–Kier alpha value is -2.59. The Labute approximate surface area is 197 Å². The summed E-state index contributed by atoms with van der Waals surface area (Å²) in [6, 6.07) is 10.5. The van der Waals surface area contributed by atoms with E-state index in [-0.39, 0.29) is 28.9 Å². The first kappa shape index (κ1) is 23.6. The number of carbonyl (C=O) groups excluding carboxylic acids is 1. The lowest BCUT2D eigenvalue weighted by Gasteiger charge is -2.36. The molecule has 33 heavy (non-hydrogen) atoms. The third-order valence-corrected chi connectivity index (χ3v) is 8.04. The van der Waals surface area contributed by atoms with Crippen molar-refractivity contribution in [3.63, 3.8) is 0 Å². The SMILES string of the molecule is Cc1cnc2c(S(=O)(=O)N3CCN(C(C)C(=O)Nc4ccc(F)c(Cl)c4)CC3)cccc2c1. The zero-order valence-electron chi connectivity index (χ0n) is 18.3. The van der Waals surface area contributed by atoms with Gasteiger partial charge in [0.05, 0.1) is 16.6 Å². The molecule has 3 aromatic rings. The number of halogens is 2. The van der Waals surface area contributed by atoms with Crippen LogP contribution in [0.5, 0.6) is 0 Å². The van der Waals surface area contributed by atoms with Gasteiger partial charge in [0.15, 0.2) is 0 Å². The molecule has 2 heterocycles. The molecule has 174 valence electrons. The molecule has 0 radical (unpaired) electrons. The first-order chi connectivity index (χ1) is 15.7. The maximum Gasteiger partial charge on any atom is 0.245 e. The summed E-state index contributed by atoms with van der Waals surface area (Å²) < 4.78 is 41.5. The van der Waals surface area contributed by atoms with Crippen LogP contribution in [-0.4, -0.2) is 60.7 Å². The fourth-order valence-electron chi connectivity index (χ4n) is 3.91. The van der Waals surface area contributed by atoms with E-state index in [1.54, 1.807) is 25.3 Å². The number of fused-ring (bicyclic) bond motifs is 1. The summed E-state index contributed by atoms with van der Waals surface area (Å²) >= 11 is 5.78. The fourth-order valence-corrected chi connectivity index (χ4v) is 5.68. The monoisotopic (exact) mass is 490 g/mol. The van der Waals surface area contributed by atoms with Gasteiger partial charge in [-0.05, 0) is 49.7 Å². The van der Waals surface area contributed by atoms with Gasteiger partial charge in [0.2, 0.25) is 15.9 Å². The Bertz CT molecular complexity index is 1310. The average Bonchev–Trinajstić information content (AvgIpc) is 2.80. The Kier molecular flexibility index (Phi) is 6.67. The van der Waals surface area contributed by atoms with Crippen molar-refractivity contribution in [1.82, 2.24) is 14.2 Å². The number of anilines is 1. The number of benzene rings is 2. The molecule has 1 aliphatic heterocycles. The molecule has 1 fully saturated rings. The zero-order chi connectivity index (χ0) is 23.8. The number of sulfonamides is 1. The van der Waals surface area contributed by atoms with Crippen LogP contribution in [0.25, 0.3) is 10.9 Å². The number of hydrogen-bond donors (Lipinski definition) is 1. The van der Waals surface area contributed by atoms with E-state index < -0.39 is 21.9 Å². The highest BCUT2D eigenvalue weighted by Gasteiger charge is 2.33. The molecule has 2 aromatic carbocycles. The van der Waals surface area contributed by atoms with E-state index in [4.69, 9.17) is 11.6 Å². The summed E-state index contributed by atoms with van der Waals surface area (Å²) in [5.74, 6) is -0.834. The lowest BCUT2D eigenvalue weighted by molar-refractivity contribution is -0.121. The van der Waals surface area contributed by atoms with E-state index in [0.29, 0.717) is 24.3 Å². The van der Waals surface area contributed by atoms with Crippen LogP contribution in [0.4, 0.5) is 10.1 Å². The van der Waals surface area contributed by atoms with Gasteiger partial charge >= 0.3 is 0 Å². The minimum atomic E-state index is -3.73. The van der Waals surface area contributed by atoms with E-state index in [1.165, 1.54) is 22.5 Å². The van der Waals surface area contributed by atoms with Crippen LogP contribution in [0.2, 0.25) is 5.02 Å². The van der Waals surface area contributed by atoms with E-state index >= 15 is 0 Å². The van der Waals surface area contributed by atoms with Gasteiger partial charge in [0.1, 0.15) is 10.7 Å². The second-order valence-corrected chi connectivity index (χ2v) is 10.4. The van der Waals surface area contributed by atoms with Crippen molar-refractivity contribution in [2.45, 2.75) is 24.8 Å². The average molecular weight is 491 g/mol. The first-order valence-corrected chi connectivity index (χ1v) is 12.3. The molecule has 0 spiro atoms. The molecule has 0 bridgehead atoms. The summed E-state index contributed by atoms with van der Waals surface area (Å²) in [7, 11) is -3.73. The summed E-state index contributed by atoms with van der Waals surface area (Å²) in [4.78, 5) is 19.1. The quantitative estimate of drug-likeness (QED) is 0.590. The number of aromatic nitrogens is 1. The molecule has 1 aromatic heterocycles. The van der Waals surface area contributed by atoms with Gasteiger partial charge in [0.25, 0.3) is 0 Å². The van der Waals surface area contributed by atoms with E-state index in [2.05, 4.69) is 10.3 Å².